The molecule has 20 heavy (non-hydrogen) atoms. The van der Waals surface area contributed by atoms with Crippen molar-refractivity contribution in [1.82, 2.24) is 5.32 Å². The molecule has 1 rings (SSSR count). The second-order valence-corrected chi connectivity index (χ2v) is 7.83. The molecule has 0 aliphatic carbocycles. The van der Waals surface area contributed by atoms with Crippen LogP contribution in [-0.2, 0) is 5.75 Å². The molecular formula is C16H26ClNOS. The molecule has 0 aromatic heterocycles. The number of nitrogens with one attached hydrogen (secondary N) is 1. The highest BCUT2D eigenvalue weighted by atomic mass is 35.5. The van der Waals surface area contributed by atoms with Crippen molar-refractivity contribution in [3.8, 4) is 0 Å². The molecule has 0 aliphatic heterocycles. The Morgan fingerprint density at radius 2 is 1.85 bits per heavy atom. The lowest BCUT2D eigenvalue weighted by molar-refractivity contribution is 0.157. The zero-order valence-electron chi connectivity index (χ0n) is 12.8. The zero-order valence-corrected chi connectivity index (χ0v) is 14.4. The molecule has 1 aromatic carbocycles. The van der Waals surface area contributed by atoms with Gasteiger partial charge in [-0.05, 0) is 31.0 Å². The van der Waals surface area contributed by atoms with Crippen LogP contribution in [0.15, 0.2) is 24.3 Å². The Bertz CT molecular complexity index is 396. The average Bonchev–Trinajstić information content (AvgIpc) is 2.37. The summed E-state index contributed by atoms with van der Waals surface area (Å²) in [6, 6.07) is 8.38. The van der Waals surface area contributed by atoms with Crippen LogP contribution in [0.5, 0.6) is 0 Å². The van der Waals surface area contributed by atoms with Gasteiger partial charge in [-0.3, -0.25) is 0 Å². The van der Waals surface area contributed by atoms with Gasteiger partial charge in [-0.1, -0.05) is 44.5 Å². The third-order valence-electron chi connectivity index (χ3n) is 3.17. The summed E-state index contributed by atoms with van der Waals surface area (Å²) in [5.41, 5.74) is 1.08. The maximum atomic E-state index is 9.61. The van der Waals surface area contributed by atoms with Gasteiger partial charge in [0.2, 0.25) is 0 Å². The first-order valence-corrected chi connectivity index (χ1v) is 8.52. The van der Waals surface area contributed by atoms with Gasteiger partial charge < -0.3 is 10.4 Å². The van der Waals surface area contributed by atoms with Crippen molar-refractivity contribution in [1.29, 1.82) is 0 Å². The first-order chi connectivity index (χ1) is 9.34. The van der Waals surface area contributed by atoms with Gasteiger partial charge in [0.25, 0.3) is 0 Å². The number of rotatable bonds is 8. The molecule has 0 spiro atoms. The highest BCUT2D eigenvalue weighted by Crippen LogP contribution is 2.25. The number of hydrogen-bond acceptors (Lipinski definition) is 3. The molecule has 2 N–H and O–H groups in total. The summed E-state index contributed by atoms with van der Waals surface area (Å²) < 4.78 is 0. The van der Waals surface area contributed by atoms with Crippen LogP contribution < -0.4 is 5.32 Å². The van der Waals surface area contributed by atoms with E-state index < -0.39 is 0 Å². The number of thioether (sulfide) groups is 1. The van der Waals surface area contributed by atoms with Crippen molar-refractivity contribution in [2.45, 2.75) is 56.7 Å². The summed E-state index contributed by atoms with van der Waals surface area (Å²) in [7, 11) is 0. The van der Waals surface area contributed by atoms with Crippen molar-refractivity contribution in [2.75, 3.05) is 6.61 Å². The Morgan fingerprint density at radius 3 is 2.35 bits per heavy atom. The molecule has 0 heterocycles. The molecule has 0 saturated heterocycles. The van der Waals surface area contributed by atoms with Crippen LogP contribution in [0.2, 0.25) is 5.02 Å². The van der Waals surface area contributed by atoms with E-state index >= 15 is 0 Å². The summed E-state index contributed by atoms with van der Waals surface area (Å²) >= 11 is 7.80. The van der Waals surface area contributed by atoms with E-state index in [1.165, 1.54) is 5.56 Å². The van der Waals surface area contributed by atoms with Gasteiger partial charge in [-0.15, -0.1) is 0 Å². The van der Waals surface area contributed by atoms with Crippen molar-refractivity contribution < 1.29 is 5.11 Å². The number of hydrogen-bond donors (Lipinski definition) is 2. The van der Waals surface area contributed by atoms with Gasteiger partial charge in [0.05, 0.1) is 6.61 Å². The molecule has 2 unspecified atom stereocenters. The van der Waals surface area contributed by atoms with E-state index in [9.17, 15) is 5.11 Å². The van der Waals surface area contributed by atoms with Crippen LogP contribution >= 0.6 is 23.4 Å². The summed E-state index contributed by atoms with van der Waals surface area (Å²) in [6.45, 7) is 8.69. The minimum absolute atomic E-state index is 0.164. The Labute approximate surface area is 132 Å². The van der Waals surface area contributed by atoms with Crippen LogP contribution in [0.1, 0.15) is 39.7 Å². The third kappa shape index (κ3) is 6.49. The topological polar surface area (TPSA) is 32.3 Å². The molecule has 0 fully saturated rings. The van der Waals surface area contributed by atoms with Crippen molar-refractivity contribution in [2.24, 2.45) is 0 Å². The Kier molecular flexibility index (Phi) is 7.38. The smallest absolute Gasteiger partial charge is 0.0611 e. The standard InChI is InChI=1S/C16H26ClNOS/c1-12(2)18-16(4,11-19)9-13(3)20-10-14-5-7-15(17)8-6-14/h5-8,12-13,18-19H,9-11H2,1-4H3. The zero-order chi connectivity index (χ0) is 15.2. The fourth-order valence-electron chi connectivity index (χ4n) is 2.38. The van der Waals surface area contributed by atoms with Crippen molar-refractivity contribution in [3.63, 3.8) is 0 Å². The fraction of sp³-hybridized carbons (Fsp3) is 0.625. The van der Waals surface area contributed by atoms with Crippen LogP contribution in [0.3, 0.4) is 0 Å². The van der Waals surface area contributed by atoms with Gasteiger partial charge >= 0.3 is 0 Å². The minimum atomic E-state index is -0.208. The molecule has 0 radical (unpaired) electrons. The second kappa shape index (κ2) is 8.28. The maximum Gasteiger partial charge on any atom is 0.0611 e. The van der Waals surface area contributed by atoms with Gasteiger partial charge in [-0.2, -0.15) is 11.8 Å². The quantitative estimate of drug-likeness (QED) is 0.757. The molecule has 0 amide bonds. The Balaban J connectivity index is 2.45. The van der Waals surface area contributed by atoms with Gasteiger partial charge in [0.15, 0.2) is 0 Å². The molecule has 0 aliphatic rings. The molecule has 114 valence electrons. The summed E-state index contributed by atoms with van der Waals surface area (Å²) in [4.78, 5) is 0. The van der Waals surface area contributed by atoms with Crippen LogP contribution in [0.4, 0.5) is 0 Å². The van der Waals surface area contributed by atoms with E-state index in [1.54, 1.807) is 0 Å². The largest absolute Gasteiger partial charge is 0.394 e. The monoisotopic (exact) mass is 315 g/mol. The molecule has 2 atom stereocenters. The van der Waals surface area contributed by atoms with Crippen LogP contribution in [0.25, 0.3) is 0 Å². The van der Waals surface area contributed by atoms with E-state index in [4.69, 9.17) is 11.6 Å². The summed E-state index contributed by atoms with van der Waals surface area (Å²) in [6.07, 6.45) is 0.944. The van der Waals surface area contributed by atoms with Gasteiger partial charge in [-0.25, -0.2) is 0 Å². The molecule has 0 bridgehead atoms. The number of aliphatic hydroxyl groups excluding tert-OH is 1. The molecule has 2 nitrogen and oxygen atoms in total. The molecular weight excluding hydrogens is 290 g/mol. The minimum Gasteiger partial charge on any atom is -0.394 e. The lowest BCUT2D eigenvalue weighted by atomic mass is 9.96. The molecule has 0 saturated carbocycles. The predicted molar refractivity (Wildman–Crippen MR) is 90.6 cm³/mol. The van der Waals surface area contributed by atoms with Gasteiger partial charge in [0, 0.05) is 27.6 Å². The van der Waals surface area contributed by atoms with E-state index in [1.807, 2.05) is 23.9 Å². The van der Waals surface area contributed by atoms with Crippen molar-refractivity contribution >= 4 is 23.4 Å². The van der Waals surface area contributed by atoms with Gasteiger partial charge in [0.1, 0.15) is 0 Å². The van der Waals surface area contributed by atoms with E-state index in [-0.39, 0.29) is 12.1 Å². The van der Waals surface area contributed by atoms with Crippen LogP contribution in [-0.4, -0.2) is 28.5 Å². The first kappa shape index (κ1) is 17.8. The molecule has 4 heteroatoms. The average molecular weight is 316 g/mol. The maximum absolute atomic E-state index is 9.61. The highest BCUT2D eigenvalue weighted by Gasteiger charge is 2.26. The number of benzene rings is 1. The summed E-state index contributed by atoms with van der Waals surface area (Å²) in [5, 5.41) is 14.3. The van der Waals surface area contributed by atoms with Crippen LogP contribution in [0, 0.1) is 0 Å². The van der Waals surface area contributed by atoms with E-state index in [0.717, 1.165) is 17.2 Å². The van der Waals surface area contributed by atoms with Crippen molar-refractivity contribution in [3.05, 3.63) is 34.9 Å². The SMILES string of the molecule is CC(C)NC(C)(CO)CC(C)SCc1ccc(Cl)cc1. The number of aliphatic hydroxyl groups is 1. The fourth-order valence-corrected chi connectivity index (χ4v) is 3.66. The first-order valence-electron chi connectivity index (χ1n) is 7.09. The third-order valence-corrected chi connectivity index (χ3v) is 4.66. The lowest BCUT2D eigenvalue weighted by Crippen LogP contribution is -2.50. The lowest BCUT2D eigenvalue weighted by Gasteiger charge is -2.33. The molecule has 1 aromatic rings. The Hall–Kier alpha value is -0.220. The van der Waals surface area contributed by atoms with E-state index in [2.05, 4.69) is 45.1 Å². The second-order valence-electron chi connectivity index (χ2n) is 5.97. The Morgan fingerprint density at radius 1 is 1.25 bits per heavy atom. The summed E-state index contributed by atoms with van der Waals surface area (Å²) in [5.74, 6) is 0.974. The predicted octanol–water partition coefficient (Wildman–Crippen LogP) is 4.10. The van der Waals surface area contributed by atoms with E-state index in [0.29, 0.717) is 11.3 Å². The highest BCUT2D eigenvalue weighted by molar-refractivity contribution is 7.99. The normalized spacial score (nSPS) is 16.1. The number of halogens is 1.